The van der Waals surface area contributed by atoms with E-state index in [4.69, 9.17) is 9.47 Å². The number of rotatable bonds is 3. The van der Waals surface area contributed by atoms with Gasteiger partial charge in [-0.1, -0.05) is 0 Å². The van der Waals surface area contributed by atoms with Gasteiger partial charge in [0.25, 0.3) is 0 Å². The van der Waals surface area contributed by atoms with Gasteiger partial charge in [-0.2, -0.15) is 0 Å². The number of hydrogen-bond donors (Lipinski definition) is 0. The Balaban J connectivity index is 1.63. The molecule has 0 radical (unpaired) electrons. The summed E-state index contributed by atoms with van der Waals surface area (Å²) in [5, 5.41) is 11.5. The summed E-state index contributed by atoms with van der Waals surface area (Å²) < 4.78 is 13.6. The third-order valence-electron chi connectivity index (χ3n) is 5.27. The van der Waals surface area contributed by atoms with Gasteiger partial charge in [0.2, 0.25) is 0 Å². The Morgan fingerprint density at radius 1 is 1.20 bits per heavy atom. The molecule has 1 aromatic carbocycles. The monoisotopic (exact) mass is 679 g/mol. The molecule has 0 spiro atoms. The first-order valence-electron chi connectivity index (χ1n) is 7.56. The SMILES string of the molecule is O=C(OC1C2CC3C1OC(=O)C3C2C(=O)[O-])c1cc(I)cc(I)c1I. The number of hydrogen-bond acceptors (Lipinski definition) is 6. The summed E-state index contributed by atoms with van der Waals surface area (Å²) in [5.74, 6) is -4.53. The van der Waals surface area contributed by atoms with Gasteiger partial charge in [-0.3, -0.25) is 4.79 Å². The molecule has 9 heteroatoms. The number of esters is 2. The third kappa shape index (κ3) is 2.78. The van der Waals surface area contributed by atoms with Crippen LogP contribution >= 0.6 is 67.8 Å². The Morgan fingerprint density at radius 3 is 2.60 bits per heavy atom. The van der Waals surface area contributed by atoms with Crippen molar-refractivity contribution >= 4 is 85.7 Å². The van der Waals surface area contributed by atoms with Crippen molar-refractivity contribution in [1.82, 2.24) is 0 Å². The molecule has 132 valence electrons. The zero-order valence-corrected chi connectivity index (χ0v) is 18.9. The molecule has 4 rings (SSSR count). The van der Waals surface area contributed by atoms with Crippen molar-refractivity contribution in [3.8, 4) is 0 Å². The first-order chi connectivity index (χ1) is 11.8. The topological polar surface area (TPSA) is 92.7 Å². The summed E-state index contributed by atoms with van der Waals surface area (Å²) in [6, 6.07) is 3.69. The lowest BCUT2D eigenvalue weighted by atomic mass is 9.78. The Morgan fingerprint density at radius 2 is 1.92 bits per heavy atom. The summed E-state index contributed by atoms with van der Waals surface area (Å²) in [7, 11) is 0. The van der Waals surface area contributed by atoms with E-state index in [1.165, 1.54) is 0 Å². The lowest BCUT2D eigenvalue weighted by molar-refractivity contribution is -0.315. The van der Waals surface area contributed by atoms with E-state index >= 15 is 0 Å². The van der Waals surface area contributed by atoms with Crippen LogP contribution in [0.3, 0.4) is 0 Å². The van der Waals surface area contributed by atoms with E-state index in [-0.39, 0.29) is 5.92 Å². The fourth-order valence-corrected chi connectivity index (χ4v) is 6.74. The predicted molar refractivity (Wildman–Crippen MR) is 107 cm³/mol. The molecule has 6 unspecified atom stereocenters. The average Bonchev–Trinajstić information content (AvgIpc) is 3.13. The van der Waals surface area contributed by atoms with E-state index in [0.29, 0.717) is 12.0 Å². The minimum absolute atomic E-state index is 0.201. The van der Waals surface area contributed by atoms with E-state index in [1.54, 1.807) is 6.07 Å². The van der Waals surface area contributed by atoms with Crippen molar-refractivity contribution in [2.24, 2.45) is 23.7 Å². The molecule has 2 bridgehead atoms. The van der Waals surface area contributed by atoms with Gasteiger partial charge >= 0.3 is 11.9 Å². The highest BCUT2D eigenvalue weighted by Gasteiger charge is 2.68. The van der Waals surface area contributed by atoms with Gasteiger partial charge in [0, 0.05) is 34.4 Å². The van der Waals surface area contributed by atoms with E-state index in [1.807, 2.05) is 6.07 Å². The summed E-state index contributed by atoms with van der Waals surface area (Å²) in [4.78, 5) is 36.2. The van der Waals surface area contributed by atoms with Gasteiger partial charge < -0.3 is 19.4 Å². The van der Waals surface area contributed by atoms with Gasteiger partial charge in [-0.05, 0) is 86.3 Å². The molecule has 0 amide bonds. The lowest BCUT2D eigenvalue weighted by Gasteiger charge is -2.32. The zero-order valence-electron chi connectivity index (χ0n) is 12.4. The number of carbonyl (C=O) groups excluding carboxylic acids is 3. The van der Waals surface area contributed by atoms with E-state index in [2.05, 4.69) is 67.8 Å². The number of halogens is 3. The minimum atomic E-state index is -1.27. The molecular formula is C16H10I3O6-. The molecule has 1 aliphatic heterocycles. The Labute approximate surface area is 183 Å². The van der Waals surface area contributed by atoms with Crippen LogP contribution in [0.1, 0.15) is 16.8 Å². The highest BCUT2D eigenvalue weighted by molar-refractivity contribution is 14.1. The average molecular weight is 679 g/mol. The van der Waals surface area contributed by atoms with Crippen molar-refractivity contribution in [2.75, 3.05) is 0 Å². The summed E-state index contributed by atoms with van der Waals surface area (Å²) >= 11 is 6.36. The molecular weight excluding hydrogens is 669 g/mol. The van der Waals surface area contributed by atoms with Crippen molar-refractivity contribution in [1.29, 1.82) is 0 Å². The fourth-order valence-electron chi connectivity index (χ4n) is 4.36. The third-order valence-corrected chi connectivity index (χ3v) is 8.94. The van der Waals surface area contributed by atoms with Gasteiger partial charge in [-0.15, -0.1) is 0 Å². The van der Waals surface area contributed by atoms with Crippen LogP contribution in [-0.4, -0.2) is 30.1 Å². The minimum Gasteiger partial charge on any atom is -0.550 e. The zero-order chi connectivity index (χ0) is 18.0. The largest absolute Gasteiger partial charge is 0.550 e. The Hall–Kier alpha value is -0.180. The quantitative estimate of drug-likeness (QED) is 0.274. The molecule has 3 fully saturated rings. The van der Waals surface area contributed by atoms with Gasteiger partial charge in [0.1, 0.15) is 12.2 Å². The maximum absolute atomic E-state index is 12.7. The van der Waals surface area contributed by atoms with Crippen LogP contribution in [0, 0.1) is 34.4 Å². The van der Waals surface area contributed by atoms with Crippen LogP contribution in [-0.2, 0) is 19.1 Å². The first kappa shape index (κ1) is 18.2. The molecule has 1 saturated heterocycles. The maximum atomic E-state index is 12.7. The maximum Gasteiger partial charge on any atom is 0.339 e. The summed E-state index contributed by atoms with van der Waals surface area (Å²) in [6.45, 7) is 0. The second-order valence-electron chi connectivity index (χ2n) is 6.45. The number of ether oxygens (including phenoxy) is 2. The van der Waals surface area contributed by atoms with Crippen LogP contribution in [0.2, 0.25) is 0 Å². The van der Waals surface area contributed by atoms with Gasteiger partial charge in [0.15, 0.2) is 0 Å². The molecule has 25 heavy (non-hydrogen) atoms. The van der Waals surface area contributed by atoms with Crippen molar-refractivity contribution in [3.63, 3.8) is 0 Å². The molecule has 6 nitrogen and oxygen atoms in total. The molecule has 6 atom stereocenters. The number of carbonyl (C=O) groups is 3. The number of carboxylic acids is 1. The van der Waals surface area contributed by atoms with Gasteiger partial charge in [-0.25, -0.2) is 4.79 Å². The Kier molecular flexibility index (Phi) is 4.70. The molecule has 1 aromatic rings. The van der Waals surface area contributed by atoms with Crippen LogP contribution in [0.25, 0.3) is 0 Å². The smallest absolute Gasteiger partial charge is 0.339 e. The summed E-state index contributed by atoms with van der Waals surface area (Å²) in [5.41, 5.74) is 0.436. The van der Waals surface area contributed by atoms with Crippen LogP contribution in [0.5, 0.6) is 0 Å². The highest BCUT2D eigenvalue weighted by Crippen LogP contribution is 2.58. The van der Waals surface area contributed by atoms with Crippen molar-refractivity contribution in [3.05, 3.63) is 28.4 Å². The number of aliphatic carboxylic acids is 1. The second kappa shape index (κ2) is 6.46. The molecule has 2 aliphatic carbocycles. The first-order valence-corrected chi connectivity index (χ1v) is 10.8. The van der Waals surface area contributed by atoms with Gasteiger partial charge in [0.05, 0.1) is 11.5 Å². The number of benzene rings is 1. The number of carboxylic acid groups (broad SMARTS) is 1. The van der Waals surface area contributed by atoms with E-state index in [9.17, 15) is 19.5 Å². The van der Waals surface area contributed by atoms with Crippen molar-refractivity contribution < 1.29 is 29.0 Å². The fraction of sp³-hybridized carbons (Fsp3) is 0.438. The van der Waals surface area contributed by atoms with Crippen LogP contribution < -0.4 is 5.11 Å². The molecule has 2 saturated carbocycles. The molecule has 3 aliphatic rings. The highest BCUT2D eigenvalue weighted by atomic mass is 127. The van der Waals surface area contributed by atoms with E-state index < -0.39 is 47.9 Å². The number of fused-ring (bicyclic) bond motifs is 1. The molecule has 1 heterocycles. The normalized spacial score (nSPS) is 34.9. The summed E-state index contributed by atoms with van der Waals surface area (Å²) in [6.07, 6.45) is -0.755. The van der Waals surface area contributed by atoms with Crippen LogP contribution in [0.15, 0.2) is 12.1 Å². The Bertz CT molecular complexity index is 809. The predicted octanol–water partition coefficient (Wildman–Crippen LogP) is 1.58. The van der Waals surface area contributed by atoms with Crippen molar-refractivity contribution in [2.45, 2.75) is 18.6 Å². The lowest BCUT2D eigenvalue weighted by Crippen LogP contribution is -2.47. The molecule has 0 aromatic heterocycles. The second-order valence-corrected chi connectivity index (χ2v) is 9.94. The van der Waals surface area contributed by atoms with E-state index in [0.717, 1.165) is 10.7 Å². The van der Waals surface area contributed by atoms with Crippen LogP contribution in [0.4, 0.5) is 0 Å². The molecule has 0 N–H and O–H groups in total. The standard InChI is InChI=1S/C16H11I3O6/c17-4-1-7(11(19)8(18)2-4)15(22)24-12-5-3-6-10(9(5)14(20)21)16(23)25-13(6)12/h1-2,5-6,9-10,12-13H,3H2,(H,20,21)/p-1.